The molecule has 0 saturated heterocycles. The molecule has 2 aromatic rings. The summed E-state index contributed by atoms with van der Waals surface area (Å²) in [7, 11) is 0. The molecule has 136 valence electrons. The maximum Gasteiger partial charge on any atom is 0.254 e. The van der Waals surface area contributed by atoms with Crippen molar-refractivity contribution < 1.29 is 18.4 Å². The second-order valence-electron chi connectivity index (χ2n) is 6.24. The quantitative estimate of drug-likeness (QED) is 0.783. The Morgan fingerprint density at radius 2 is 1.92 bits per heavy atom. The highest BCUT2D eigenvalue weighted by Gasteiger charge is 2.27. The van der Waals surface area contributed by atoms with Crippen LogP contribution in [0.5, 0.6) is 0 Å². The summed E-state index contributed by atoms with van der Waals surface area (Å²) < 4.78 is 26.8. The summed E-state index contributed by atoms with van der Waals surface area (Å²) in [5.74, 6) is -1.02. The number of amides is 1. The van der Waals surface area contributed by atoms with Crippen LogP contribution in [0.1, 0.15) is 35.7 Å². The number of carbonyl (C=O) groups is 1. The Hall–Kier alpha value is -2.76. The topological polar surface area (TPSA) is 41.9 Å². The Kier molecular flexibility index (Phi) is 5.61. The molecule has 0 aliphatic carbocycles. The number of benzene rings is 2. The molecule has 4 nitrogen and oxygen atoms in total. The third kappa shape index (κ3) is 4.25. The van der Waals surface area contributed by atoms with E-state index in [2.05, 4.69) is 5.16 Å². The number of halogens is 2. The summed E-state index contributed by atoms with van der Waals surface area (Å²) >= 11 is 0. The van der Waals surface area contributed by atoms with Crippen LogP contribution < -0.4 is 0 Å². The zero-order chi connectivity index (χ0) is 18.5. The minimum atomic E-state index is -0.443. The molecule has 0 aromatic heterocycles. The van der Waals surface area contributed by atoms with Crippen molar-refractivity contribution in [1.29, 1.82) is 0 Å². The van der Waals surface area contributed by atoms with Crippen LogP contribution in [-0.4, -0.2) is 35.7 Å². The van der Waals surface area contributed by atoms with Gasteiger partial charge in [-0.2, -0.15) is 0 Å². The number of rotatable bonds is 6. The number of hydrogen-bond acceptors (Lipinski definition) is 3. The van der Waals surface area contributed by atoms with Crippen LogP contribution in [0.25, 0.3) is 0 Å². The Morgan fingerprint density at radius 3 is 2.62 bits per heavy atom. The molecule has 1 atom stereocenters. The first-order chi connectivity index (χ1) is 12.6. The summed E-state index contributed by atoms with van der Waals surface area (Å²) in [5.41, 5.74) is 1.64. The van der Waals surface area contributed by atoms with Crippen LogP contribution in [0.4, 0.5) is 8.78 Å². The van der Waals surface area contributed by atoms with Crippen molar-refractivity contribution in [3.05, 3.63) is 71.3 Å². The largest absolute Gasteiger partial charge is 0.390 e. The molecule has 0 fully saturated rings. The van der Waals surface area contributed by atoms with E-state index in [1.165, 1.54) is 30.3 Å². The fourth-order valence-electron chi connectivity index (χ4n) is 2.96. The van der Waals surface area contributed by atoms with Crippen LogP contribution >= 0.6 is 0 Å². The minimum absolute atomic E-state index is 0.242. The van der Waals surface area contributed by atoms with Gasteiger partial charge in [-0.05, 0) is 36.8 Å². The van der Waals surface area contributed by atoms with Crippen molar-refractivity contribution in [3.63, 3.8) is 0 Å². The maximum absolute atomic E-state index is 13.4. The molecule has 1 amide bonds. The first-order valence-corrected chi connectivity index (χ1v) is 8.60. The molecule has 2 aromatic carbocycles. The predicted octanol–water partition coefficient (Wildman–Crippen LogP) is 4.01. The van der Waals surface area contributed by atoms with E-state index >= 15 is 0 Å². The molecule has 0 radical (unpaired) electrons. The highest BCUT2D eigenvalue weighted by Crippen LogP contribution is 2.19. The molecular formula is C20H20F2N2O2. The zero-order valence-corrected chi connectivity index (χ0v) is 14.5. The van der Waals surface area contributed by atoms with Crippen LogP contribution in [-0.2, 0) is 4.84 Å². The second kappa shape index (κ2) is 8.08. The molecular weight excluding hydrogens is 338 g/mol. The van der Waals surface area contributed by atoms with E-state index in [1.807, 2.05) is 6.92 Å². The zero-order valence-electron chi connectivity index (χ0n) is 14.5. The fraction of sp³-hybridized carbons (Fsp3) is 0.300. The van der Waals surface area contributed by atoms with Gasteiger partial charge in [0.2, 0.25) is 0 Å². The Bertz CT molecular complexity index is 823. The van der Waals surface area contributed by atoms with Gasteiger partial charge < -0.3 is 9.74 Å². The molecule has 0 N–H and O–H groups in total. The summed E-state index contributed by atoms with van der Waals surface area (Å²) in [6.07, 6.45) is 0.947. The third-order valence-corrected chi connectivity index (χ3v) is 4.17. The lowest BCUT2D eigenvalue weighted by Crippen LogP contribution is -2.38. The molecule has 26 heavy (non-hydrogen) atoms. The Balaban J connectivity index is 1.67. The van der Waals surface area contributed by atoms with E-state index < -0.39 is 5.82 Å². The van der Waals surface area contributed by atoms with E-state index in [1.54, 1.807) is 23.1 Å². The van der Waals surface area contributed by atoms with E-state index in [0.717, 1.165) is 6.42 Å². The summed E-state index contributed by atoms with van der Waals surface area (Å²) in [5, 5.41) is 4.04. The highest BCUT2D eigenvalue weighted by molar-refractivity contribution is 6.01. The molecule has 0 saturated carbocycles. The van der Waals surface area contributed by atoms with E-state index in [9.17, 15) is 13.6 Å². The average Bonchev–Trinajstić information content (AvgIpc) is 3.09. The minimum Gasteiger partial charge on any atom is -0.390 e. The number of nitrogens with zero attached hydrogens (tertiary/aromatic N) is 2. The standard InChI is InChI=1S/C20H20F2N2O2/c1-2-9-24(20(25)15-6-4-8-17(22)11-15)13-18-12-19(23-26-18)14-5-3-7-16(21)10-14/h3-8,10-11,18H,2,9,12-13H2,1H3/t18-/m1/s1. The summed E-state index contributed by atoms with van der Waals surface area (Å²) in [6.45, 7) is 2.84. The number of oxime groups is 1. The lowest BCUT2D eigenvalue weighted by molar-refractivity contribution is 0.0423. The van der Waals surface area contributed by atoms with Gasteiger partial charge in [-0.15, -0.1) is 0 Å². The van der Waals surface area contributed by atoms with Crippen molar-refractivity contribution in [2.75, 3.05) is 13.1 Å². The van der Waals surface area contributed by atoms with Crippen molar-refractivity contribution in [2.45, 2.75) is 25.9 Å². The summed E-state index contributed by atoms with van der Waals surface area (Å²) in [4.78, 5) is 19.8. The molecule has 1 aliphatic rings. The normalized spacial score (nSPS) is 16.1. The Morgan fingerprint density at radius 1 is 1.19 bits per heavy atom. The van der Waals surface area contributed by atoms with E-state index in [-0.39, 0.29) is 17.8 Å². The van der Waals surface area contributed by atoms with E-state index in [4.69, 9.17) is 4.84 Å². The molecule has 1 heterocycles. The van der Waals surface area contributed by atoms with E-state index in [0.29, 0.717) is 36.3 Å². The van der Waals surface area contributed by atoms with Crippen molar-refractivity contribution in [3.8, 4) is 0 Å². The Labute approximate surface area is 151 Å². The van der Waals surface area contributed by atoms with Gasteiger partial charge in [0.1, 0.15) is 11.6 Å². The maximum atomic E-state index is 13.4. The van der Waals surface area contributed by atoms with Crippen LogP contribution in [0, 0.1) is 11.6 Å². The van der Waals surface area contributed by atoms with Gasteiger partial charge in [0.25, 0.3) is 5.91 Å². The van der Waals surface area contributed by atoms with Gasteiger partial charge in [0.05, 0.1) is 12.3 Å². The SMILES string of the molecule is CCCN(C[C@H]1CC(c2cccc(F)c2)=NO1)C(=O)c1cccc(F)c1. The van der Waals surface area contributed by atoms with Crippen molar-refractivity contribution >= 4 is 11.6 Å². The first-order valence-electron chi connectivity index (χ1n) is 8.60. The van der Waals surface area contributed by atoms with Gasteiger partial charge in [0, 0.05) is 24.1 Å². The molecule has 0 bridgehead atoms. The lowest BCUT2D eigenvalue weighted by atomic mass is 10.0. The van der Waals surface area contributed by atoms with Crippen molar-refractivity contribution in [1.82, 2.24) is 4.90 Å². The van der Waals surface area contributed by atoms with Gasteiger partial charge in [-0.1, -0.05) is 30.3 Å². The molecule has 0 unspecified atom stereocenters. The van der Waals surface area contributed by atoms with Crippen LogP contribution in [0.2, 0.25) is 0 Å². The molecule has 0 spiro atoms. The lowest BCUT2D eigenvalue weighted by Gasteiger charge is -2.24. The van der Waals surface area contributed by atoms with Gasteiger partial charge in [-0.3, -0.25) is 4.79 Å². The average molecular weight is 358 g/mol. The smallest absolute Gasteiger partial charge is 0.254 e. The number of hydrogen-bond donors (Lipinski definition) is 0. The molecule has 3 rings (SSSR count). The predicted molar refractivity (Wildman–Crippen MR) is 95.0 cm³/mol. The van der Waals surface area contributed by atoms with Gasteiger partial charge in [-0.25, -0.2) is 8.78 Å². The molecule has 6 heteroatoms. The molecule has 1 aliphatic heterocycles. The van der Waals surface area contributed by atoms with Gasteiger partial charge >= 0.3 is 0 Å². The monoisotopic (exact) mass is 358 g/mol. The van der Waals surface area contributed by atoms with Gasteiger partial charge in [0.15, 0.2) is 6.10 Å². The van der Waals surface area contributed by atoms with Crippen LogP contribution in [0.3, 0.4) is 0 Å². The first kappa shape index (κ1) is 18.0. The fourth-order valence-corrected chi connectivity index (χ4v) is 2.96. The van der Waals surface area contributed by atoms with Crippen LogP contribution in [0.15, 0.2) is 53.7 Å². The highest BCUT2D eigenvalue weighted by atomic mass is 19.1. The third-order valence-electron chi connectivity index (χ3n) is 4.17. The second-order valence-corrected chi connectivity index (χ2v) is 6.24. The van der Waals surface area contributed by atoms with Crippen molar-refractivity contribution in [2.24, 2.45) is 5.16 Å². The number of carbonyl (C=O) groups excluding carboxylic acids is 1. The summed E-state index contributed by atoms with van der Waals surface area (Å²) in [6, 6.07) is 11.8.